The Morgan fingerprint density at radius 3 is 1.36 bits per heavy atom. The highest BCUT2D eigenvalue weighted by molar-refractivity contribution is 5.92. The first-order chi connectivity index (χ1) is 16.4. The lowest BCUT2D eigenvalue weighted by atomic mass is 9.81. The standard InChI is InChI=1S/C28H51N5/c1-3-11-23(12-4-1)27(25-15-7-9-17-30-25)32-21-19-29-20-22-33-28(24-13-5-2-6-14-24)26-16-8-10-18-31-26/h23-26,29-31H,1-22H2. The van der Waals surface area contributed by atoms with Crippen LogP contribution in [0.1, 0.15) is 103 Å². The minimum Gasteiger partial charge on any atom is -0.313 e. The number of rotatable bonds is 10. The first kappa shape index (κ1) is 25.3. The molecule has 4 aliphatic rings. The first-order valence-electron chi connectivity index (χ1n) is 14.7. The first-order valence-corrected chi connectivity index (χ1v) is 14.7. The summed E-state index contributed by atoms with van der Waals surface area (Å²) in [4.78, 5) is 10.4. The number of nitrogens with one attached hydrogen (secondary N) is 3. The summed E-state index contributed by atoms with van der Waals surface area (Å²) in [6.45, 7) is 6.16. The van der Waals surface area contributed by atoms with E-state index in [9.17, 15) is 0 Å². The quantitative estimate of drug-likeness (QED) is 0.323. The van der Waals surface area contributed by atoms with Gasteiger partial charge in [0.2, 0.25) is 0 Å². The van der Waals surface area contributed by atoms with Gasteiger partial charge in [-0.25, -0.2) is 0 Å². The maximum absolute atomic E-state index is 5.20. The van der Waals surface area contributed by atoms with Crippen LogP contribution in [0.5, 0.6) is 0 Å². The van der Waals surface area contributed by atoms with E-state index in [1.807, 2.05) is 0 Å². The molecule has 2 atom stereocenters. The summed E-state index contributed by atoms with van der Waals surface area (Å²) in [7, 11) is 0. The Hall–Kier alpha value is -0.780. The van der Waals surface area contributed by atoms with Crippen molar-refractivity contribution in [2.75, 3.05) is 39.3 Å². The molecule has 2 unspecified atom stereocenters. The summed E-state index contributed by atoms with van der Waals surface area (Å²) < 4.78 is 0. The third-order valence-corrected chi connectivity index (χ3v) is 8.55. The average molecular weight is 458 g/mol. The molecule has 5 heteroatoms. The smallest absolute Gasteiger partial charge is 0.0514 e. The minimum absolute atomic E-state index is 0.549. The Labute approximate surface area is 203 Å². The molecule has 2 aliphatic heterocycles. The number of hydrogen-bond acceptors (Lipinski definition) is 5. The van der Waals surface area contributed by atoms with E-state index in [0.717, 1.165) is 38.0 Å². The van der Waals surface area contributed by atoms with E-state index in [2.05, 4.69) is 16.0 Å². The van der Waals surface area contributed by atoms with Gasteiger partial charge in [-0.15, -0.1) is 0 Å². The molecule has 0 aromatic carbocycles. The molecule has 2 saturated heterocycles. The lowest BCUT2D eigenvalue weighted by Crippen LogP contribution is -2.44. The zero-order valence-corrected chi connectivity index (χ0v) is 21.3. The minimum atomic E-state index is 0.549. The second kappa shape index (κ2) is 14.6. The summed E-state index contributed by atoms with van der Waals surface area (Å²) >= 11 is 0. The fourth-order valence-corrected chi connectivity index (χ4v) is 6.71. The van der Waals surface area contributed by atoms with Crippen LogP contribution in [0.2, 0.25) is 0 Å². The van der Waals surface area contributed by atoms with E-state index < -0.39 is 0 Å². The fourth-order valence-electron chi connectivity index (χ4n) is 6.71. The van der Waals surface area contributed by atoms with E-state index in [1.165, 1.54) is 127 Å². The van der Waals surface area contributed by atoms with Gasteiger partial charge in [-0.05, 0) is 76.3 Å². The predicted octanol–water partition coefficient (Wildman–Crippen LogP) is 4.90. The maximum Gasteiger partial charge on any atom is 0.0514 e. The van der Waals surface area contributed by atoms with Gasteiger partial charge in [-0.1, -0.05) is 51.4 Å². The topological polar surface area (TPSA) is 60.8 Å². The van der Waals surface area contributed by atoms with Gasteiger partial charge < -0.3 is 16.0 Å². The van der Waals surface area contributed by atoms with Crippen LogP contribution < -0.4 is 16.0 Å². The monoisotopic (exact) mass is 457 g/mol. The largest absolute Gasteiger partial charge is 0.313 e. The van der Waals surface area contributed by atoms with Crippen LogP contribution in [-0.4, -0.2) is 62.8 Å². The van der Waals surface area contributed by atoms with Crippen LogP contribution in [0.25, 0.3) is 0 Å². The summed E-state index contributed by atoms with van der Waals surface area (Å²) in [5.41, 5.74) is 3.02. The molecular formula is C28H51N5. The van der Waals surface area contributed by atoms with Crippen molar-refractivity contribution in [2.24, 2.45) is 21.8 Å². The van der Waals surface area contributed by atoms with Crippen molar-refractivity contribution in [3.05, 3.63) is 0 Å². The molecule has 5 nitrogen and oxygen atoms in total. The fraction of sp³-hybridized carbons (Fsp3) is 0.929. The molecule has 2 aliphatic carbocycles. The zero-order chi connectivity index (χ0) is 22.6. The van der Waals surface area contributed by atoms with Gasteiger partial charge in [0, 0.05) is 36.6 Å². The van der Waals surface area contributed by atoms with Crippen LogP contribution in [0.3, 0.4) is 0 Å². The van der Waals surface area contributed by atoms with E-state index in [0.29, 0.717) is 12.1 Å². The number of piperidine rings is 2. The molecule has 188 valence electrons. The summed E-state index contributed by atoms with van der Waals surface area (Å²) in [5, 5.41) is 11.2. The van der Waals surface area contributed by atoms with Crippen LogP contribution in [0.4, 0.5) is 0 Å². The van der Waals surface area contributed by atoms with Crippen molar-refractivity contribution in [1.82, 2.24) is 16.0 Å². The summed E-state index contributed by atoms with van der Waals surface area (Å²) in [6.07, 6.45) is 21.8. The molecule has 0 bridgehead atoms. The van der Waals surface area contributed by atoms with Crippen molar-refractivity contribution >= 4 is 11.4 Å². The molecule has 2 saturated carbocycles. The second-order valence-electron chi connectivity index (χ2n) is 11.0. The Balaban J connectivity index is 1.23. The maximum atomic E-state index is 5.20. The Morgan fingerprint density at radius 1 is 0.545 bits per heavy atom. The highest BCUT2D eigenvalue weighted by Gasteiger charge is 2.28. The van der Waals surface area contributed by atoms with E-state index in [1.54, 1.807) is 0 Å². The molecule has 4 fully saturated rings. The van der Waals surface area contributed by atoms with Gasteiger partial charge >= 0.3 is 0 Å². The zero-order valence-electron chi connectivity index (χ0n) is 21.3. The number of aliphatic imine (C=N–C) groups is 2. The molecule has 0 aromatic heterocycles. The van der Waals surface area contributed by atoms with Crippen LogP contribution in [0, 0.1) is 11.8 Å². The number of hydrogen-bond donors (Lipinski definition) is 3. The van der Waals surface area contributed by atoms with Crippen molar-refractivity contribution in [1.29, 1.82) is 0 Å². The molecule has 0 amide bonds. The third-order valence-electron chi connectivity index (χ3n) is 8.55. The van der Waals surface area contributed by atoms with Gasteiger partial charge in [0.15, 0.2) is 0 Å². The molecule has 0 spiro atoms. The second-order valence-corrected chi connectivity index (χ2v) is 11.0. The molecule has 4 rings (SSSR count). The molecular weight excluding hydrogens is 406 g/mol. The molecule has 0 radical (unpaired) electrons. The highest BCUT2D eigenvalue weighted by Crippen LogP contribution is 2.29. The lowest BCUT2D eigenvalue weighted by molar-refractivity contribution is 0.404. The Kier molecular flexibility index (Phi) is 11.2. The van der Waals surface area contributed by atoms with Crippen molar-refractivity contribution in [2.45, 2.75) is 115 Å². The van der Waals surface area contributed by atoms with Gasteiger partial charge in [0.1, 0.15) is 0 Å². The lowest BCUT2D eigenvalue weighted by Gasteiger charge is -2.32. The highest BCUT2D eigenvalue weighted by atomic mass is 15.0. The summed E-state index contributed by atoms with van der Waals surface area (Å²) in [6, 6.07) is 1.10. The van der Waals surface area contributed by atoms with Gasteiger partial charge in [0.25, 0.3) is 0 Å². The Bertz CT molecular complexity index is 499. The van der Waals surface area contributed by atoms with E-state index in [4.69, 9.17) is 9.98 Å². The molecule has 2 heterocycles. The molecule has 33 heavy (non-hydrogen) atoms. The van der Waals surface area contributed by atoms with Gasteiger partial charge in [0.05, 0.1) is 13.1 Å². The van der Waals surface area contributed by atoms with E-state index in [-0.39, 0.29) is 0 Å². The van der Waals surface area contributed by atoms with Gasteiger partial charge in [-0.3, -0.25) is 9.98 Å². The van der Waals surface area contributed by atoms with Crippen LogP contribution in [-0.2, 0) is 0 Å². The van der Waals surface area contributed by atoms with Gasteiger partial charge in [-0.2, -0.15) is 0 Å². The third kappa shape index (κ3) is 8.14. The van der Waals surface area contributed by atoms with E-state index >= 15 is 0 Å². The summed E-state index contributed by atoms with van der Waals surface area (Å²) in [5.74, 6) is 1.47. The number of nitrogens with zero attached hydrogens (tertiary/aromatic N) is 2. The van der Waals surface area contributed by atoms with Crippen LogP contribution >= 0.6 is 0 Å². The normalized spacial score (nSPS) is 29.3. The molecule has 3 N–H and O–H groups in total. The van der Waals surface area contributed by atoms with Crippen molar-refractivity contribution in [3.8, 4) is 0 Å². The molecule has 0 aromatic rings. The van der Waals surface area contributed by atoms with Crippen molar-refractivity contribution < 1.29 is 0 Å². The Morgan fingerprint density at radius 2 is 0.970 bits per heavy atom. The average Bonchev–Trinajstić information content (AvgIpc) is 2.90. The van der Waals surface area contributed by atoms with Crippen molar-refractivity contribution in [3.63, 3.8) is 0 Å². The predicted molar refractivity (Wildman–Crippen MR) is 142 cm³/mol. The SMILES string of the molecule is C1CCC(C(=NCCNCCN=C(C2CCCCC2)C2CCCCN2)C2CCCCN2)CC1. The van der Waals surface area contributed by atoms with Crippen LogP contribution in [0.15, 0.2) is 9.98 Å².